The molecule has 0 radical (unpaired) electrons. The molecule has 25 heavy (non-hydrogen) atoms. The van der Waals surface area contributed by atoms with Gasteiger partial charge in [-0.05, 0) is 41.8 Å². The van der Waals surface area contributed by atoms with Crippen molar-refractivity contribution in [2.45, 2.75) is 20.0 Å². The summed E-state index contributed by atoms with van der Waals surface area (Å²) in [5, 5.41) is 7.06. The molecule has 1 heterocycles. The zero-order chi connectivity index (χ0) is 17.5. The Balaban J connectivity index is 1.44. The van der Waals surface area contributed by atoms with E-state index in [4.69, 9.17) is 4.74 Å². The summed E-state index contributed by atoms with van der Waals surface area (Å²) in [4.78, 5) is 11.9. The van der Waals surface area contributed by atoms with Crippen molar-refractivity contribution in [3.8, 4) is 5.75 Å². The van der Waals surface area contributed by atoms with Gasteiger partial charge in [-0.3, -0.25) is 9.48 Å². The van der Waals surface area contributed by atoms with Gasteiger partial charge in [0.2, 0.25) is 0 Å². The van der Waals surface area contributed by atoms with Crippen LogP contribution >= 0.6 is 0 Å². The summed E-state index contributed by atoms with van der Waals surface area (Å²) in [7, 11) is 0. The number of benzene rings is 2. The van der Waals surface area contributed by atoms with Crippen molar-refractivity contribution in [3.05, 3.63) is 83.7 Å². The van der Waals surface area contributed by atoms with Crippen LogP contribution in [0, 0.1) is 6.92 Å². The highest BCUT2D eigenvalue weighted by Crippen LogP contribution is 2.12. The predicted octanol–water partition coefficient (Wildman–Crippen LogP) is 2.94. The molecule has 0 bridgehead atoms. The van der Waals surface area contributed by atoms with Crippen LogP contribution in [0.3, 0.4) is 0 Å². The van der Waals surface area contributed by atoms with E-state index in [2.05, 4.69) is 10.4 Å². The maximum Gasteiger partial charge on any atom is 0.258 e. The lowest BCUT2D eigenvalue weighted by atomic mass is 10.1. The van der Waals surface area contributed by atoms with Crippen LogP contribution in [0.15, 0.2) is 67.0 Å². The standard InChI is InChI=1S/C20H21N3O2/c1-16-4-2-5-19(12-16)25-15-20(24)21-13-17-6-8-18(9-7-17)14-23-11-3-10-22-23/h2-12H,13-15H2,1H3,(H,21,24). The van der Waals surface area contributed by atoms with Gasteiger partial charge in [0.1, 0.15) is 5.75 Å². The van der Waals surface area contributed by atoms with Crippen LogP contribution in [0.4, 0.5) is 0 Å². The molecule has 0 aliphatic rings. The first-order valence-corrected chi connectivity index (χ1v) is 8.20. The quantitative estimate of drug-likeness (QED) is 0.722. The minimum atomic E-state index is -0.137. The fourth-order valence-corrected chi connectivity index (χ4v) is 2.45. The largest absolute Gasteiger partial charge is 0.484 e. The third kappa shape index (κ3) is 5.21. The maximum atomic E-state index is 11.9. The zero-order valence-corrected chi connectivity index (χ0v) is 14.2. The highest BCUT2D eigenvalue weighted by molar-refractivity contribution is 5.77. The van der Waals surface area contributed by atoms with Crippen molar-refractivity contribution >= 4 is 5.91 Å². The molecule has 3 rings (SSSR count). The van der Waals surface area contributed by atoms with Crippen LogP contribution in [0.25, 0.3) is 0 Å². The fourth-order valence-electron chi connectivity index (χ4n) is 2.45. The molecule has 5 nitrogen and oxygen atoms in total. The lowest BCUT2D eigenvalue weighted by Gasteiger charge is -2.09. The Labute approximate surface area is 147 Å². The van der Waals surface area contributed by atoms with Crippen molar-refractivity contribution < 1.29 is 9.53 Å². The highest BCUT2D eigenvalue weighted by Gasteiger charge is 2.03. The summed E-state index contributed by atoms with van der Waals surface area (Å²) >= 11 is 0. The molecule has 0 unspecified atom stereocenters. The van der Waals surface area contributed by atoms with Gasteiger partial charge in [0.15, 0.2) is 6.61 Å². The van der Waals surface area contributed by atoms with Crippen LogP contribution in [0.2, 0.25) is 0 Å². The molecule has 5 heteroatoms. The second-order valence-corrected chi connectivity index (χ2v) is 5.90. The number of amides is 1. The Bertz CT molecular complexity index is 811. The lowest BCUT2D eigenvalue weighted by molar-refractivity contribution is -0.123. The molecular formula is C20H21N3O2. The number of hydrogen-bond acceptors (Lipinski definition) is 3. The van der Waals surface area contributed by atoms with E-state index < -0.39 is 0 Å². The molecule has 1 N–H and O–H groups in total. The Hall–Kier alpha value is -3.08. The van der Waals surface area contributed by atoms with Gasteiger partial charge in [0, 0.05) is 18.9 Å². The van der Waals surface area contributed by atoms with Gasteiger partial charge in [-0.2, -0.15) is 5.10 Å². The first kappa shape index (κ1) is 16.8. The molecule has 1 aromatic heterocycles. The Morgan fingerprint density at radius 3 is 2.64 bits per heavy atom. The van der Waals surface area contributed by atoms with Gasteiger partial charge < -0.3 is 10.1 Å². The van der Waals surface area contributed by atoms with E-state index in [1.807, 2.05) is 72.4 Å². The third-order valence-electron chi connectivity index (χ3n) is 3.78. The molecule has 0 saturated carbocycles. The zero-order valence-electron chi connectivity index (χ0n) is 14.2. The Morgan fingerprint density at radius 1 is 1.12 bits per heavy atom. The molecular weight excluding hydrogens is 314 g/mol. The summed E-state index contributed by atoms with van der Waals surface area (Å²) in [6.07, 6.45) is 3.70. The Kier molecular flexibility index (Phi) is 5.46. The SMILES string of the molecule is Cc1cccc(OCC(=O)NCc2ccc(Cn3cccn3)cc2)c1. The Morgan fingerprint density at radius 2 is 1.92 bits per heavy atom. The third-order valence-corrected chi connectivity index (χ3v) is 3.78. The molecule has 0 spiro atoms. The van der Waals surface area contributed by atoms with Crippen molar-refractivity contribution in [2.75, 3.05) is 6.61 Å². The maximum absolute atomic E-state index is 11.9. The van der Waals surface area contributed by atoms with Gasteiger partial charge in [0.25, 0.3) is 5.91 Å². The van der Waals surface area contributed by atoms with E-state index in [9.17, 15) is 4.79 Å². The van der Waals surface area contributed by atoms with Gasteiger partial charge in [-0.25, -0.2) is 0 Å². The van der Waals surface area contributed by atoms with Crippen molar-refractivity contribution in [1.82, 2.24) is 15.1 Å². The van der Waals surface area contributed by atoms with E-state index in [1.54, 1.807) is 6.20 Å². The molecule has 2 aromatic carbocycles. The number of rotatable bonds is 7. The topological polar surface area (TPSA) is 56.1 Å². The highest BCUT2D eigenvalue weighted by atomic mass is 16.5. The minimum Gasteiger partial charge on any atom is -0.484 e. The van der Waals surface area contributed by atoms with Gasteiger partial charge in [-0.1, -0.05) is 36.4 Å². The molecule has 0 fully saturated rings. The van der Waals surface area contributed by atoms with Crippen LogP contribution in [0.1, 0.15) is 16.7 Å². The molecule has 1 amide bonds. The van der Waals surface area contributed by atoms with E-state index >= 15 is 0 Å². The van der Waals surface area contributed by atoms with Gasteiger partial charge >= 0.3 is 0 Å². The normalized spacial score (nSPS) is 10.4. The second kappa shape index (κ2) is 8.15. The number of ether oxygens (including phenoxy) is 1. The van der Waals surface area contributed by atoms with Crippen molar-refractivity contribution in [1.29, 1.82) is 0 Å². The molecule has 0 atom stereocenters. The average Bonchev–Trinajstić information content (AvgIpc) is 3.12. The summed E-state index contributed by atoms with van der Waals surface area (Å²) in [5.41, 5.74) is 3.32. The van der Waals surface area contributed by atoms with Crippen LogP contribution < -0.4 is 10.1 Å². The number of carbonyl (C=O) groups is 1. The monoisotopic (exact) mass is 335 g/mol. The fraction of sp³-hybridized carbons (Fsp3) is 0.200. The van der Waals surface area contributed by atoms with Gasteiger partial charge in [-0.15, -0.1) is 0 Å². The summed E-state index contributed by atoms with van der Waals surface area (Å²) in [6, 6.07) is 17.7. The minimum absolute atomic E-state index is 0.0147. The van der Waals surface area contributed by atoms with E-state index in [0.29, 0.717) is 12.3 Å². The molecule has 0 aliphatic heterocycles. The first-order chi connectivity index (χ1) is 12.2. The van der Waals surface area contributed by atoms with Crippen LogP contribution in [-0.2, 0) is 17.9 Å². The molecule has 3 aromatic rings. The van der Waals surface area contributed by atoms with Crippen molar-refractivity contribution in [2.24, 2.45) is 0 Å². The summed E-state index contributed by atoms with van der Waals surface area (Å²) in [6.45, 7) is 3.23. The number of nitrogens with one attached hydrogen (secondary N) is 1. The summed E-state index contributed by atoms with van der Waals surface area (Å²) < 4.78 is 7.37. The number of aryl methyl sites for hydroxylation is 1. The molecule has 128 valence electrons. The first-order valence-electron chi connectivity index (χ1n) is 8.20. The number of carbonyl (C=O) groups excluding carboxylic acids is 1. The molecule has 0 aliphatic carbocycles. The van der Waals surface area contributed by atoms with Gasteiger partial charge in [0.05, 0.1) is 6.54 Å². The summed E-state index contributed by atoms with van der Waals surface area (Å²) in [5.74, 6) is 0.570. The smallest absolute Gasteiger partial charge is 0.258 e. The van der Waals surface area contributed by atoms with Crippen LogP contribution in [-0.4, -0.2) is 22.3 Å². The lowest BCUT2D eigenvalue weighted by Crippen LogP contribution is -2.28. The van der Waals surface area contributed by atoms with E-state index in [0.717, 1.165) is 17.7 Å². The molecule has 0 saturated heterocycles. The van der Waals surface area contributed by atoms with Crippen molar-refractivity contribution in [3.63, 3.8) is 0 Å². The van der Waals surface area contributed by atoms with E-state index in [1.165, 1.54) is 5.56 Å². The average molecular weight is 335 g/mol. The number of aromatic nitrogens is 2. The predicted molar refractivity (Wildman–Crippen MR) is 96.3 cm³/mol. The van der Waals surface area contributed by atoms with E-state index in [-0.39, 0.29) is 12.5 Å². The number of nitrogens with zero attached hydrogens (tertiary/aromatic N) is 2. The second-order valence-electron chi connectivity index (χ2n) is 5.90. The van der Waals surface area contributed by atoms with Crippen LogP contribution in [0.5, 0.6) is 5.75 Å². The number of hydrogen-bond donors (Lipinski definition) is 1.